The molecule has 136 valence electrons. The van der Waals surface area contributed by atoms with Crippen molar-refractivity contribution < 1.29 is 17.5 Å². The number of nitrogens with one attached hydrogen (secondary N) is 1. The number of ether oxygens (including phenoxy) is 1. The van der Waals surface area contributed by atoms with Gasteiger partial charge in [0.2, 0.25) is 10.0 Å². The predicted octanol–water partition coefficient (Wildman–Crippen LogP) is 1.21. The second kappa shape index (κ2) is 6.74. The first-order valence-electron chi connectivity index (χ1n) is 7.90. The summed E-state index contributed by atoms with van der Waals surface area (Å²) in [5.41, 5.74) is 0.0523. The fourth-order valence-electron chi connectivity index (χ4n) is 3.10. The maximum atomic E-state index is 14.4. The van der Waals surface area contributed by atoms with E-state index in [0.717, 1.165) is 0 Å². The van der Waals surface area contributed by atoms with Crippen LogP contribution in [0.5, 0.6) is 5.75 Å². The average Bonchev–Trinajstić information content (AvgIpc) is 3.03. The Bertz CT molecular complexity index is 882. The van der Waals surface area contributed by atoms with E-state index in [1.54, 1.807) is 17.0 Å². The Hall–Kier alpha value is -1.97. The van der Waals surface area contributed by atoms with E-state index in [2.05, 4.69) is 10.3 Å². The number of nitrogens with zero attached hydrogens (tertiary/aromatic N) is 3. The van der Waals surface area contributed by atoms with Gasteiger partial charge >= 0.3 is 0 Å². The Labute approximate surface area is 146 Å². The third-order valence-corrected chi connectivity index (χ3v) is 6.51. The van der Waals surface area contributed by atoms with Crippen molar-refractivity contribution >= 4 is 10.0 Å². The van der Waals surface area contributed by atoms with Crippen molar-refractivity contribution in [3.8, 4) is 5.75 Å². The van der Waals surface area contributed by atoms with E-state index in [1.165, 1.54) is 30.5 Å². The fourth-order valence-corrected chi connectivity index (χ4v) is 4.90. The topological polar surface area (TPSA) is 76.5 Å². The van der Waals surface area contributed by atoms with Crippen LogP contribution in [0.1, 0.15) is 17.4 Å². The van der Waals surface area contributed by atoms with Crippen LogP contribution in [0.25, 0.3) is 0 Å². The molecule has 2 aromatic rings. The van der Waals surface area contributed by atoms with E-state index >= 15 is 0 Å². The number of sulfonamides is 1. The molecule has 1 aliphatic rings. The average molecular weight is 368 g/mol. The van der Waals surface area contributed by atoms with Gasteiger partial charge in [-0.15, -0.1) is 0 Å². The summed E-state index contributed by atoms with van der Waals surface area (Å²) in [7, 11) is -0.722. The highest BCUT2D eigenvalue weighted by molar-refractivity contribution is 7.89. The molecule has 1 saturated heterocycles. The van der Waals surface area contributed by atoms with E-state index in [-0.39, 0.29) is 22.8 Å². The number of hydrogen-bond acceptors (Lipinski definition) is 5. The molecule has 1 aromatic heterocycles. The quantitative estimate of drug-likeness (QED) is 0.878. The third-order valence-electron chi connectivity index (χ3n) is 4.46. The second-order valence-electron chi connectivity index (χ2n) is 5.94. The maximum absolute atomic E-state index is 14.4. The van der Waals surface area contributed by atoms with E-state index in [9.17, 15) is 12.8 Å². The molecule has 0 bridgehead atoms. The molecular weight excluding hydrogens is 347 g/mol. The number of aryl methyl sites for hydroxylation is 1. The molecule has 0 spiro atoms. The first-order valence-corrected chi connectivity index (χ1v) is 9.34. The number of piperazine rings is 1. The Kier molecular flexibility index (Phi) is 4.81. The normalized spacial score (nSPS) is 19.1. The lowest BCUT2D eigenvalue weighted by Gasteiger charge is -2.35. The number of imidazole rings is 1. The largest absolute Gasteiger partial charge is 0.494 e. The summed E-state index contributed by atoms with van der Waals surface area (Å²) in [5.74, 6) is 0.00655. The number of methoxy groups -OCH3 is 1. The van der Waals surface area contributed by atoms with Crippen LogP contribution in [0.2, 0.25) is 0 Å². The molecule has 2 heterocycles. The van der Waals surface area contributed by atoms with Gasteiger partial charge in [-0.3, -0.25) is 0 Å². The summed E-state index contributed by atoms with van der Waals surface area (Å²) in [5, 5.41) is 3.19. The molecule has 1 atom stereocenters. The smallest absolute Gasteiger partial charge is 0.244 e. The Morgan fingerprint density at radius 3 is 2.80 bits per heavy atom. The number of halogens is 1. The van der Waals surface area contributed by atoms with Crippen LogP contribution >= 0.6 is 0 Å². The van der Waals surface area contributed by atoms with E-state index in [0.29, 0.717) is 18.9 Å². The van der Waals surface area contributed by atoms with Crippen LogP contribution in [-0.4, -0.2) is 49.0 Å². The summed E-state index contributed by atoms with van der Waals surface area (Å²) >= 11 is 0. The Morgan fingerprint density at radius 2 is 2.16 bits per heavy atom. The van der Waals surface area contributed by atoms with Gasteiger partial charge in [-0.25, -0.2) is 17.8 Å². The van der Waals surface area contributed by atoms with Gasteiger partial charge in [-0.2, -0.15) is 4.31 Å². The predicted molar refractivity (Wildman–Crippen MR) is 90.4 cm³/mol. The monoisotopic (exact) mass is 368 g/mol. The molecule has 0 aliphatic carbocycles. The summed E-state index contributed by atoms with van der Waals surface area (Å²) in [4.78, 5) is 4.24. The van der Waals surface area contributed by atoms with Crippen LogP contribution < -0.4 is 10.1 Å². The van der Waals surface area contributed by atoms with E-state index in [1.807, 2.05) is 7.05 Å². The van der Waals surface area contributed by atoms with Crippen molar-refractivity contribution in [3.63, 3.8) is 0 Å². The summed E-state index contributed by atoms with van der Waals surface area (Å²) < 4.78 is 48.9. The van der Waals surface area contributed by atoms with Gasteiger partial charge in [0, 0.05) is 44.6 Å². The van der Waals surface area contributed by atoms with Gasteiger partial charge in [0.15, 0.2) is 11.6 Å². The first kappa shape index (κ1) is 17.8. The molecular formula is C16H21FN4O3S. The van der Waals surface area contributed by atoms with Crippen LogP contribution in [0, 0.1) is 12.7 Å². The van der Waals surface area contributed by atoms with Crippen molar-refractivity contribution in [3.05, 3.63) is 41.7 Å². The molecule has 9 heteroatoms. The van der Waals surface area contributed by atoms with Gasteiger partial charge in [-0.1, -0.05) is 0 Å². The number of rotatable bonds is 4. The van der Waals surface area contributed by atoms with Crippen molar-refractivity contribution in [2.24, 2.45) is 7.05 Å². The molecule has 3 rings (SSSR count). The molecule has 0 radical (unpaired) electrons. The lowest BCUT2D eigenvalue weighted by atomic mass is 10.2. The molecule has 0 saturated carbocycles. The number of hydrogen-bond donors (Lipinski definition) is 1. The Morgan fingerprint density at radius 1 is 1.40 bits per heavy atom. The van der Waals surface area contributed by atoms with Crippen LogP contribution in [0.4, 0.5) is 4.39 Å². The van der Waals surface area contributed by atoms with E-state index < -0.39 is 21.9 Å². The van der Waals surface area contributed by atoms with Crippen LogP contribution in [0.15, 0.2) is 29.4 Å². The van der Waals surface area contributed by atoms with Crippen molar-refractivity contribution in [1.29, 1.82) is 0 Å². The minimum atomic E-state index is -3.89. The minimum Gasteiger partial charge on any atom is -0.494 e. The number of aromatic nitrogens is 2. The van der Waals surface area contributed by atoms with Gasteiger partial charge < -0.3 is 14.6 Å². The van der Waals surface area contributed by atoms with Gasteiger partial charge in [0.25, 0.3) is 0 Å². The zero-order valence-corrected chi connectivity index (χ0v) is 15.2. The molecule has 1 aliphatic heterocycles. The highest BCUT2D eigenvalue weighted by atomic mass is 32.2. The maximum Gasteiger partial charge on any atom is 0.244 e. The third kappa shape index (κ3) is 3.03. The molecule has 1 unspecified atom stereocenters. The second-order valence-corrected chi connectivity index (χ2v) is 7.80. The molecule has 1 N–H and O–H groups in total. The highest BCUT2D eigenvalue weighted by Crippen LogP contribution is 2.32. The zero-order valence-electron chi connectivity index (χ0n) is 14.4. The van der Waals surface area contributed by atoms with Gasteiger partial charge in [-0.05, 0) is 19.1 Å². The van der Waals surface area contributed by atoms with E-state index in [4.69, 9.17) is 4.74 Å². The molecule has 7 nitrogen and oxygen atoms in total. The number of benzene rings is 1. The van der Waals surface area contributed by atoms with Gasteiger partial charge in [0.05, 0.1) is 18.0 Å². The van der Waals surface area contributed by atoms with Crippen molar-refractivity contribution in [2.75, 3.05) is 26.7 Å². The zero-order chi connectivity index (χ0) is 18.2. The molecule has 25 heavy (non-hydrogen) atoms. The summed E-state index contributed by atoms with van der Waals surface area (Å²) in [6.45, 7) is 2.70. The molecule has 1 aromatic carbocycles. The fraction of sp³-hybridized carbons (Fsp3) is 0.438. The first-order chi connectivity index (χ1) is 11.9. The summed E-state index contributed by atoms with van der Waals surface area (Å²) in [6, 6.07) is 2.28. The lowest BCUT2D eigenvalue weighted by molar-refractivity contribution is 0.258. The standard InChI is InChI=1S/C16H21FN4O3S/c1-11-14(5-4-13(24-3)15(11)17)25(22,23)21-9-6-18-10-12(21)16-19-7-8-20(16)2/h4-5,7-8,12,18H,6,9-10H2,1-3H3. The SMILES string of the molecule is COc1ccc(S(=O)(=O)N2CCNCC2c2nccn2C)c(C)c1F. The van der Waals surface area contributed by atoms with Crippen LogP contribution in [0.3, 0.4) is 0 Å². The van der Waals surface area contributed by atoms with Crippen molar-refractivity contribution in [2.45, 2.75) is 17.9 Å². The Balaban J connectivity index is 2.06. The minimum absolute atomic E-state index is 0.0254. The lowest BCUT2D eigenvalue weighted by Crippen LogP contribution is -2.49. The highest BCUT2D eigenvalue weighted by Gasteiger charge is 2.37. The van der Waals surface area contributed by atoms with Crippen LogP contribution in [-0.2, 0) is 17.1 Å². The summed E-state index contributed by atoms with van der Waals surface area (Å²) in [6.07, 6.45) is 3.40. The molecule has 0 amide bonds. The van der Waals surface area contributed by atoms with Gasteiger partial charge in [0.1, 0.15) is 5.82 Å². The molecule has 1 fully saturated rings. The van der Waals surface area contributed by atoms with Crippen molar-refractivity contribution in [1.82, 2.24) is 19.2 Å².